The highest BCUT2D eigenvalue weighted by Gasteiger charge is 2.15. The molecule has 25 heavy (non-hydrogen) atoms. The van der Waals surface area contributed by atoms with Crippen LogP contribution in [0.5, 0.6) is 11.5 Å². The molecule has 0 spiro atoms. The molecule has 1 fully saturated rings. The molecule has 142 valence electrons. The molecule has 0 amide bonds. The summed E-state index contributed by atoms with van der Waals surface area (Å²) in [5, 5.41) is 6.61. The maximum atomic E-state index is 5.64. The molecule has 2 N–H and O–H groups in total. The number of benzene rings is 1. The average molecular weight is 528 g/mol. The van der Waals surface area contributed by atoms with Crippen molar-refractivity contribution in [1.29, 1.82) is 0 Å². The van der Waals surface area contributed by atoms with Crippen LogP contribution in [0.15, 0.2) is 21.6 Å². The standard InChI is InChI=1S/C17H26BrN3O3.HI/c1-4-19-17(21-11-13-6-5-7-24-13)20-10-12-8-15(22-2)16(23-3)9-14(12)18;/h8-9,13H,4-7,10-11H2,1-3H3,(H2,19,20,21);1H. The molecule has 0 radical (unpaired) electrons. The lowest BCUT2D eigenvalue weighted by molar-refractivity contribution is 0.114. The first-order valence-corrected chi connectivity index (χ1v) is 9.01. The number of aliphatic imine (C=N–C) groups is 1. The van der Waals surface area contributed by atoms with Gasteiger partial charge in [-0.15, -0.1) is 24.0 Å². The van der Waals surface area contributed by atoms with Crippen molar-refractivity contribution < 1.29 is 14.2 Å². The van der Waals surface area contributed by atoms with E-state index in [0.29, 0.717) is 18.0 Å². The highest BCUT2D eigenvalue weighted by Crippen LogP contribution is 2.33. The summed E-state index contributed by atoms with van der Waals surface area (Å²) in [6, 6.07) is 3.84. The van der Waals surface area contributed by atoms with E-state index in [-0.39, 0.29) is 30.1 Å². The Morgan fingerprint density at radius 1 is 1.28 bits per heavy atom. The molecule has 2 rings (SSSR count). The van der Waals surface area contributed by atoms with Crippen LogP contribution in [0.3, 0.4) is 0 Å². The Morgan fingerprint density at radius 3 is 2.60 bits per heavy atom. The van der Waals surface area contributed by atoms with Crippen LogP contribution in [0, 0.1) is 0 Å². The molecule has 6 nitrogen and oxygen atoms in total. The third-order valence-electron chi connectivity index (χ3n) is 3.83. The molecular formula is C17H27BrIN3O3. The van der Waals surface area contributed by atoms with Gasteiger partial charge in [0.1, 0.15) is 0 Å². The van der Waals surface area contributed by atoms with E-state index in [1.165, 1.54) is 0 Å². The predicted molar refractivity (Wildman–Crippen MR) is 114 cm³/mol. The normalized spacial score (nSPS) is 17.0. The lowest BCUT2D eigenvalue weighted by atomic mass is 10.2. The monoisotopic (exact) mass is 527 g/mol. The Hall–Kier alpha value is -0.740. The maximum Gasteiger partial charge on any atom is 0.191 e. The number of hydrogen-bond donors (Lipinski definition) is 2. The summed E-state index contributed by atoms with van der Waals surface area (Å²) in [6.07, 6.45) is 2.52. The van der Waals surface area contributed by atoms with Crippen molar-refractivity contribution in [3.63, 3.8) is 0 Å². The first-order chi connectivity index (χ1) is 11.7. The van der Waals surface area contributed by atoms with Gasteiger partial charge in [0.2, 0.25) is 0 Å². The topological polar surface area (TPSA) is 64.1 Å². The van der Waals surface area contributed by atoms with E-state index in [4.69, 9.17) is 14.2 Å². The van der Waals surface area contributed by atoms with Gasteiger partial charge in [-0.25, -0.2) is 4.99 Å². The van der Waals surface area contributed by atoms with Crippen molar-refractivity contribution in [2.24, 2.45) is 4.99 Å². The highest BCUT2D eigenvalue weighted by molar-refractivity contribution is 14.0. The second-order valence-electron chi connectivity index (χ2n) is 5.51. The van der Waals surface area contributed by atoms with Crippen LogP contribution in [0.1, 0.15) is 25.3 Å². The molecule has 1 unspecified atom stereocenters. The molecule has 1 heterocycles. The molecule has 0 bridgehead atoms. The molecule has 0 aliphatic carbocycles. The Bertz CT molecular complexity index is 566. The van der Waals surface area contributed by atoms with Crippen LogP contribution in [0.25, 0.3) is 0 Å². The molecule has 1 aromatic rings. The maximum absolute atomic E-state index is 5.64. The fourth-order valence-corrected chi connectivity index (χ4v) is 2.99. The molecule has 1 aliphatic rings. The Morgan fingerprint density at radius 2 is 2.00 bits per heavy atom. The number of methoxy groups -OCH3 is 2. The number of nitrogens with zero attached hydrogens (tertiary/aromatic N) is 1. The van der Waals surface area contributed by atoms with Crippen molar-refractivity contribution in [2.45, 2.75) is 32.4 Å². The van der Waals surface area contributed by atoms with E-state index in [2.05, 4.69) is 38.5 Å². The predicted octanol–water partition coefficient (Wildman–Crippen LogP) is 3.32. The van der Waals surface area contributed by atoms with Crippen molar-refractivity contribution >= 4 is 45.9 Å². The molecule has 0 saturated carbocycles. The van der Waals surface area contributed by atoms with Crippen LogP contribution in [-0.2, 0) is 11.3 Å². The Kier molecular flexibility index (Phi) is 10.5. The first-order valence-electron chi connectivity index (χ1n) is 8.22. The zero-order chi connectivity index (χ0) is 17.4. The number of guanidine groups is 1. The summed E-state index contributed by atoms with van der Waals surface area (Å²) < 4.78 is 17.2. The van der Waals surface area contributed by atoms with E-state index in [0.717, 1.165) is 48.5 Å². The van der Waals surface area contributed by atoms with Crippen LogP contribution >= 0.6 is 39.9 Å². The van der Waals surface area contributed by atoms with Gasteiger partial charge in [0.25, 0.3) is 0 Å². The third kappa shape index (κ3) is 6.82. The summed E-state index contributed by atoms with van der Waals surface area (Å²) in [5.41, 5.74) is 1.03. The van der Waals surface area contributed by atoms with E-state index >= 15 is 0 Å². The quantitative estimate of drug-likeness (QED) is 0.323. The molecule has 0 aromatic heterocycles. The fourth-order valence-electron chi connectivity index (χ4n) is 2.54. The number of hydrogen-bond acceptors (Lipinski definition) is 4. The summed E-state index contributed by atoms with van der Waals surface area (Å²) in [6.45, 7) is 5.03. The van der Waals surface area contributed by atoms with E-state index < -0.39 is 0 Å². The van der Waals surface area contributed by atoms with Gasteiger partial charge in [0, 0.05) is 24.2 Å². The van der Waals surface area contributed by atoms with Crippen molar-refractivity contribution in [1.82, 2.24) is 10.6 Å². The Balaban J connectivity index is 0.00000312. The van der Waals surface area contributed by atoms with Gasteiger partial charge in [-0.1, -0.05) is 15.9 Å². The van der Waals surface area contributed by atoms with Gasteiger partial charge in [-0.2, -0.15) is 0 Å². The second kappa shape index (κ2) is 11.8. The van der Waals surface area contributed by atoms with Gasteiger partial charge in [-0.05, 0) is 37.5 Å². The third-order valence-corrected chi connectivity index (χ3v) is 4.56. The minimum Gasteiger partial charge on any atom is -0.493 e. The molecule has 1 saturated heterocycles. The summed E-state index contributed by atoms with van der Waals surface area (Å²) >= 11 is 3.57. The molecule has 1 aromatic carbocycles. The van der Waals surface area contributed by atoms with Crippen LogP contribution < -0.4 is 20.1 Å². The zero-order valence-corrected chi connectivity index (χ0v) is 18.8. The summed E-state index contributed by atoms with van der Waals surface area (Å²) in [5.74, 6) is 2.18. The van der Waals surface area contributed by atoms with Gasteiger partial charge in [0.05, 0.1) is 26.9 Å². The second-order valence-corrected chi connectivity index (χ2v) is 6.36. The molecule has 8 heteroatoms. The Labute approximate surface area is 175 Å². The zero-order valence-electron chi connectivity index (χ0n) is 14.9. The fraction of sp³-hybridized carbons (Fsp3) is 0.588. The number of rotatable bonds is 7. The van der Waals surface area contributed by atoms with Gasteiger partial charge >= 0.3 is 0 Å². The minimum absolute atomic E-state index is 0. The molecule has 1 aliphatic heterocycles. The minimum atomic E-state index is 0. The number of nitrogens with one attached hydrogen (secondary N) is 2. The van der Waals surface area contributed by atoms with Gasteiger partial charge in [0.15, 0.2) is 17.5 Å². The van der Waals surface area contributed by atoms with E-state index in [1.807, 2.05) is 12.1 Å². The highest BCUT2D eigenvalue weighted by atomic mass is 127. The van der Waals surface area contributed by atoms with E-state index in [1.54, 1.807) is 14.2 Å². The molecule has 1 atom stereocenters. The smallest absolute Gasteiger partial charge is 0.191 e. The summed E-state index contributed by atoms with van der Waals surface area (Å²) in [4.78, 5) is 4.65. The van der Waals surface area contributed by atoms with Crippen molar-refractivity contribution in [3.8, 4) is 11.5 Å². The van der Waals surface area contributed by atoms with Crippen LogP contribution in [-0.4, -0.2) is 46.0 Å². The van der Waals surface area contributed by atoms with Crippen molar-refractivity contribution in [2.75, 3.05) is 33.9 Å². The van der Waals surface area contributed by atoms with Crippen LogP contribution in [0.2, 0.25) is 0 Å². The SMILES string of the molecule is CCNC(=NCc1cc(OC)c(OC)cc1Br)NCC1CCCO1.I. The van der Waals surface area contributed by atoms with Crippen LogP contribution in [0.4, 0.5) is 0 Å². The largest absolute Gasteiger partial charge is 0.493 e. The van der Waals surface area contributed by atoms with E-state index in [9.17, 15) is 0 Å². The first kappa shape index (κ1) is 22.3. The number of ether oxygens (including phenoxy) is 3. The van der Waals surface area contributed by atoms with Crippen molar-refractivity contribution in [3.05, 3.63) is 22.2 Å². The average Bonchev–Trinajstić information content (AvgIpc) is 3.11. The van der Waals surface area contributed by atoms with Gasteiger partial charge in [-0.3, -0.25) is 0 Å². The van der Waals surface area contributed by atoms with Gasteiger partial charge < -0.3 is 24.8 Å². The molecular weight excluding hydrogens is 501 g/mol. The summed E-state index contributed by atoms with van der Waals surface area (Å²) in [7, 11) is 3.26. The lowest BCUT2D eigenvalue weighted by Crippen LogP contribution is -2.41. The lowest BCUT2D eigenvalue weighted by Gasteiger charge is -2.15. The number of halogens is 2.